The Kier molecular flexibility index (Phi) is 7.89. The number of aryl methyl sites for hydroxylation is 1. The lowest BCUT2D eigenvalue weighted by Gasteiger charge is -2.44. The second kappa shape index (κ2) is 11.5. The Morgan fingerprint density at radius 1 is 0.925 bits per heavy atom. The van der Waals surface area contributed by atoms with Crippen molar-refractivity contribution in [2.45, 2.75) is 44.5 Å². The summed E-state index contributed by atoms with van der Waals surface area (Å²) < 4.78 is 11.6. The first kappa shape index (κ1) is 27.4. The molecule has 2 fully saturated rings. The number of likely N-dealkylation sites (tertiary alicyclic amines) is 1. The lowest BCUT2D eigenvalue weighted by atomic mass is 9.95. The zero-order valence-corrected chi connectivity index (χ0v) is 23.1. The topological polar surface area (TPSA) is 88.2 Å². The number of hydrogen-bond acceptors (Lipinski definition) is 5. The van der Waals surface area contributed by atoms with Gasteiger partial charge in [0.05, 0.1) is 19.8 Å². The van der Waals surface area contributed by atoms with E-state index in [1.807, 2.05) is 62.4 Å². The van der Waals surface area contributed by atoms with Gasteiger partial charge in [-0.2, -0.15) is 0 Å². The van der Waals surface area contributed by atoms with E-state index in [0.717, 1.165) is 11.1 Å². The molecule has 0 aromatic heterocycles. The van der Waals surface area contributed by atoms with E-state index in [1.165, 1.54) is 0 Å². The summed E-state index contributed by atoms with van der Waals surface area (Å²) in [6.07, 6.45) is 0.815. The molecular weight excluding hydrogens is 506 g/mol. The molecule has 0 radical (unpaired) electrons. The number of rotatable bonds is 6. The summed E-state index contributed by atoms with van der Waals surface area (Å²) in [4.78, 5) is 44.3. The number of carbonyl (C=O) groups excluding carboxylic acids is 3. The highest BCUT2D eigenvalue weighted by atomic mass is 16.5. The van der Waals surface area contributed by atoms with Crippen LogP contribution in [0.3, 0.4) is 0 Å². The molecule has 2 aliphatic heterocycles. The molecule has 2 saturated heterocycles. The number of ether oxygens (including phenoxy) is 2. The van der Waals surface area contributed by atoms with Crippen molar-refractivity contribution in [1.29, 1.82) is 0 Å². The summed E-state index contributed by atoms with van der Waals surface area (Å²) in [7, 11) is 1.59. The maximum Gasteiger partial charge on any atom is 0.257 e. The van der Waals surface area contributed by atoms with Crippen molar-refractivity contribution in [3.63, 3.8) is 0 Å². The fourth-order valence-electron chi connectivity index (χ4n) is 5.62. The van der Waals surface area contributed by atoms with Gasteiger partial charge in [0.1, 0.15) is 17.5 Å². The van der Waals surface area contributed by atoms with Gasteiger partial charge in [-0.15, -0.1) is 0 Å². The highest BCUT2D eigenvalue weighted by Gasteiger charge is 2.54. The summed E-state index contributed by atoms with van der Waals surface area (Å²) >= 11 is 0. The Morgan fingerprint density at radius 2 is 1.57 bits per heavy atom. The Hall–Kier alpha value is -4.17. The minimum Gasteiger partial charge on any atom is -0.497 e. The third-order valence-electron chi connectivity index (χ3n) is 7.98. The Labute approximate surface area is 234 Å². The molecule has 5 rings (SSSR count). The molecule has 3 aromatic carbocycles. The fourth-order valence-corrected chi connectivity index (χ4v) is 5.62. The first-order valence-corrected chi connectivity index (χ1v) is 13.6. The van der Waals surface area contributed by atoms with Crippen molar-refractivity contribution < 1.29 is 23.9 Å². The standard InChI is InChI=1S/C32H35N3O5/c1-22-9-7-8-12-27(22)31(38)35-28(29(36)33-23(2)24-10-5-4-6-11-24)21-40-32(35)17-19-34(20-18-32)30(37)25-13-15-26(39-3)16-14-25/h4-16,23,28H,17-21H2,1-3H3,(H,33,36)/t23-,28-/m1/s1. The van der Waals surface area contributed by atoms with Crippen LogP contribution in [0.15, 0.2) is 78.9 Å². The SMILES string of the molecule is COc1ccc(C(=O)N2CCC3(CC2)OC[C@H](C(=O)N[C@H](C)c2ccccc2)N3C(=O)c2ccccc2C)cc1. The van der Waals surface area contributed by atoms with Gasteiger partial charge in [0, 0.05) is 37.1 Å². The molecule has 1 N–H and O–H groups in total. The second-order valence-corrected chi connectivity index (χ2v) is 10.4. The molecular formula is C32H35N3O5. The molecule has 208 valence electrons. The van der Waals surface area contributed by atoms with Gasteiger partial charge in [0.2, 0.25) is 5.91 Å². The average Bonchev–Trinajstić information content (AvgIpc) is 3.36. The van der Waals surface area contributed by atoms with Gasteiger partial charge in [-0.1, -0.05) is 48.5 Å². The Balaban J connectivity index is 1.37. The highest BCUT2D eigenvalue weighted by molar-refractivity contribution is 5.99. The Bertz CT molecular complexity index is 1370. The van der Waals surface area contributed by atoms with Crippen molar-refractivity contribution in [3.8, 4) is 5.75 Å². The van der Waals surface area contributed by atoms with Crippen LogP contribution >= 0.6 is 0 Å². The largest absolute Gasteiger partial charge is 0.497 e. The molecule has 2 heterocycles. The van der Waals surface area contributed by atoms with Crippen LogP contribution in [0.4, 0.5) is 0 Å². The van der Waals surface area contributed by atoms with Gasteiger partial charge >= 0.3 is 0 Å². The Morgan fingerprint density at radius 3 is 2.23 bits per heavy atom. The van der Waals surface area contributed by atoms with Gasteiger partial charge in [0.25, 0.3) is 11.8 Å². The monoisotopic (exact) mass is 541 g/mol. The van der Waals surface area contributed by atoms with Gasteiger partial charge in [0.15, 0.2) is 0 Å². The lowest BCUT2D eigenvalue weighted by molar-refractivity contribution is -0.128. The van der Waals surface area contributed by atoms with Crippen LogP contribution in [0, 0.1) is 6.92 Å². The smallest absolute Gasteiger partial charge is 0.257 e. The quantitative estimate of drug-likeness (QED) is 0.501. The average molecular weight is 542 g/mol. The molecule has 0 aliphatic carbocycles. The lowest BCUT2D eigenvalue weighted by Crippen LogP contribution is -2.60. The van der Waals surface area contributed by atoms with Crippen molar-refractivity contribution >= 4 is 17.7 Å². The van der Waals surface area contributed by atoms with Crippen LogP contribution in [0.1, 0.15) is 57.7 Å². The van der Waals surface area contributed by atoms with Crippen LogP contribution in [0.25, 0.3) is 0 Å². The predicted molar refractivity (Wildman–Crippen MR) is 151 cm³/mol. The molecule has 8 heteroatoms. The number of hydrogen-bond donors (Lipinski definition) is 1. The maximum absolute atomic E-state index is 14.1. The summed E-state index contributed by atoms with van der Waals surface area (Å²) in [6.45, 7) is 4.71. The molecule has 40 heavy (non-hydrogen) atoms. The molecule has 3 aromatic rings. The van der Waals surface area contributed by atoms with Crippen molar-refractivity contribution in [1.82, 2.24) is 15.1 Å². The predicted octanol–water partition coefficient (Wildman–Crippen LogP) is 4.35. The maximum atomic E-state index is 14.1. The second-order valence-electron chi connectivity index (χ2n) is 10.4. The van der Waals surface area contributed by atoms with Gasteiger partial charge in [-0.3, -0.25) is 19.3 Å². The van der Waals surface area contributed by atoms with E-state index in [4.69, 9.17) is 9.47 Å². The minimum atomic E-state index is -0.978. The van der Waals surface area contributed by atoms with Gasteiger partial charge in [-0.25, -0.2) is 0 Å². The number of piperidine rings is 1. The van der Waals surface area contributed by atoms with Crippen LogP contribution in [-0.4, -0.2) is 66.1 Å². The molecule has 0 unspecified atom stereocenters. The molecule has 0 saturated carbocycles. The summed E-state index contributed by atoms with van der Waals surface area (Å²) in [5.41, 5.74) is 1.95. The number of nitrogens with zero attached hydrogens (tertiary/aromatic N) is 2. The molecule has 2 aliphatic rings. The number of carbonyl (C=O) groups is 3. The number of benzene rings is 3. The fraction of sp³-hybridized carbons (Fsp3) is 0.344. The first-order valence-electron chi connectivity index (χ1n) is 13.6. The highest BCUT2D eigenvalue weighted by Crippen LogP contribution is 2.39. The van der Waals surface area contributed by atoms with Crippen LogP contribution in [-0.2, 0) is 9.53 Å². The summed E-state index contributed by atoms with van der Waals surface area (Å²) in [6, 6.07) is 23.1. The van der Waals surface area contributed by atoms with Crippen LogP contribution in [0.2, 0.25) is 0 Å². The van der Waals surface area contributed by atoms with E-state index in [1.54, 1.807) is 47.2 Å². The van der Waals surface area contributed by atoms with E-state index in [9.17, 15) is 14.4 Å². The summed E-state index contributed by atoms with van der Waals surface area (Å²) in [5, 5.41) is 3.08. The number of nitrogens with one attached hydrogen (secondary N) is 1. The van der Waals surface area contributed by atoms with E-state index >= 15 is 0 Å². The third kappa shape index (κ3) is 5.31. The van der Waals surface area contributed by atoms with E-state index in [2.05, 4.69) is 5.32 Å². The summed E-state index contributed by atoms with van der Waals surface area (Å²) in [5.74, 6) is 0.105. The van der Waals surface area contributed by atoms with Gasteiger partial charge < -0.3 is 19.7 Å². The van der Waals surface area contributed by atoms with Crippen molar-refractivity contribution in [2.75, 3.05) is 26.8 Å². The molecule has 8 nitrogen and oxygen atoms in total. The molecule has 1 spiro atoms. The van der Waals surface area contributed by atoms with Gasteiger partial charge in [-0.05, 0) is 55.3 Å². The third-order valence-corrected chi connectivity index (χ3v) is 7.98. The van der Waals surface area contributed by atoms with E-state index < -0.39 is 11.8 Å². The first-order chi connectivity index (χ1) is 19.3. The zero-order valence-electron chi connectivity index (χ0n) is 23.1. The molecule has 2 atom stereocenters. The van der Waals surface area contributed by atoms with E-state index in [-0.39, 0.29) is 30.4 Å². The minimum absolute atomic E-state index is 0.0849. The molecule has 0 bridgehead atoms. The van der Waals surface area contributed by atoms with Crippen LogP contribution in [0.5, 0.6) is 5.75 Å². The zero-order chi connectivity index (χ0) is 28.3. The number of amides is 3. The number of methoxy groups -OCH3 is 1. The van der Waals surface area contributed by atoms with Crippen molar-refractivity contribution in [3.05, 3.63) is 101 Å². The van der Waals surface area contributed by atoms with Crippen LogP contribution < -0.4 is 10.1 Å². The normalized spacial score (nSPS) is 18.8. The van der Waals surface area contributed by atoms with Crippen molar-refractivity contribution in [2.24, 2.45) is 0 Å². The molecule has 3 amide bonds. The van der Waals surface area contributed by atoms with E-state index in [0.29, 0.717) is 42.8 Å².